The van der Waals surface area contributed by atoms with E-state index in [1.54, 1.807) is 0 Å². The molecule has 4 N–H and O–H groups in total. The third-order valence-electron chi connectivity index (χ3n) is 1.56. The van der Waals surface area contributed by atoms with Crippen LogP contribution in [-0.4, -0.2) is 22.2 Å². The Morgan fingerprint density at radius 2 is 2.27 bits per heavy atom. The van der Waals surface area contributed by atoms with Gasteiger partial charge < -0.3 is 15.9 Å². The Hall–Kier alpha value is -1.29. The lowest BCUT2D eigenvalue weighted by Gasteiger charge is -2.18. The first-order valence-corrected chi connectivity index (χ1v) is 3.17. The number of hydrogen-bond donors (Lipinski definition) is 3. The smallest absolute Gasteiger partial charge is 0.227 e. The van der Waals surface area contributed by atoms with E-state index >= 15 is 0 Å². The van der Waals surface area contributed by atoms with Crippen molar-refractivity contribution in [3.8, 4) is 0 Å². The van der Waals surface area contributed by atoms with Crippen LogP contribution < -0.4 is 5.73 Å². The van der Waals surface area contributed by atoms with Crippen molar-refractivity contribution in [2.75, 3.05) is 0 Å². The number of carbonyl (C=O) groups excluding carboxylic acids is 1. The van der Waals surface area contributed by atoms with E-state index in [1.165, 1.54) is 18.2 Å². The first kappa shape index (κ1) is 7.81. The molecule has 0 fully saturated rings. The van der Waals surface area contributed by atoms with E-state index in [1.807, 2.05) is 0 Å². The van der Waals surface area contributed by atoms with E-state index in [2.05, 4.69) is 0 Å². The summed E-state index contributed by atoms with van der Waals surface area (Å²) in [5, 5.41) is 18.1. The van der Waals surface area contributed by atoms with Gasteiger partial charge in [-0.25, -0.2) is 0 Å². The lowest BCUT2D eigenvalue weighted by Crippen LogP contribution is -2.34. The zero-order chi connectivity index (χ0) is 8.43. The van der Waals surface area contributed by atoms with E-state index in [0.717, 1.165) is 0 Å². The number of allylic oxidation sites excluding steroid dienone is 2. The number of primary amides is 1. The first-order chi connectivity index (χ1) is 5.13. The van der Waals surface area contributed by atoms with Gasteiger partial charge in [0.15, 0.2) is 0 Å². The van der Waals surface area contributed by atoms with Crippen LogP contribution in [0.2, 0.25) is 0 Å². The average Bonchev–Trinajstić information content (AvgIpc) is 1.94. The second kappa shape index (κ2) is 2.75. The summed E-state index contributed by atoms with van der Waals surface area (Å²) in [6.07, 6.45) is 3.08. The number of hydrogen-bond acceptors (Lipinski definition) is 3. The molecule has 0 heterocycles. The van der Waals surface area contributed by atoms with Gasteiger partial charge in [-0.1, -0.05) is 12.2 Å². The molecule has 1 rings (SSSR count). The summed E-state index contributed by atoms with van der Waals surface area (Å²) in [5.74, 6) is -1.68. The molecule has 2 atom stereocenters. The molecule has 2 unspecified atom stereocenters. The van der Waals surface area contributed by atoms with Crippen molar-refractivity contribution >= 4 is 5.91 Å². The molecule has 0 spiro atoms. The quantitative estimate of drug-likeness (QED) is 0.475. The van der Waals surface area contributed by atoms with Gasteiger partial charge in [0.2, 0.25) is 5.91 Å². The molecular weight excluding hydrogens is 146 g/mol. The Balaban J connectivity index is 2.81. The van der Waals surface area contributed by atoms with Crippen molar-refractivity contribution in [1.82, 2.24) is 0 Å². The summed E-state index contributed by atoms with van der Waals surface area (Å²) in [6.45, 7) is 0. The molecule has 0 aromatic heterocycles. The highest BCUT2D eigenvalue weighted by Crippen LogP contribution is 2.16. The topological polar surface area (TPSA) is 83.6 Å². The van der Waals surface area contributed by atoms with E-state index < -0.39 is 17.9 Å². The van der Waals surface area contributed by atoms with Crippen molar-refractivity contribution in [3.63, 3.8) is 0 Å². The third kappa shape index (κ3) is 1.40. The van der Waals surface area contributed by atoms with Crippen molar-refractivity contribution in [1.29, 1.82) is 0 Å². The van der Waals surface area contributed by atoms with E-state index in [-0.39, 0.29) is 5.76 Å². The van der Waals surface area contributed by atoms with Gasteiger partial charge in [0.05, 0.1) is 5.92 Å². The minimum Gasteiger partial charge on any atom is -0.510 e. The van der Waals surface area contributed by atoms with Crippen molar-refractivity contribution < 1.29 is 15.0 Å². The Morgan fingerprint density at radius 1 is 1.64 bits per heavy atom. The molecule has 0 bridgehead atoms. The standard InChI is InChI=1S/C7H9NO3/c8-7(11)4-2-1-3-5(9)6(4)10/h1-4,6,9-10H,(H2,8,11). The molecule has 4 nitrogen and oxygen atoms in total. The number of aliphatic hydroxyl groups is 2. The predicted octanol–water partition coefficient (Wildman–Crippen LogP) is -0.540. The zero-order valence-electron chi connectivity index (χ0n) is 5.77. The maximum absolute atomic E-state index is 10.6. The lowest BCUT2D eigenvalue weighted by molar-refractivity contribution is -0.123. The predicted molar refractivity (Wildman–Crippen MR) is 38.5 cm³/mol. The Labute approximate surface area is 63.6 Å². The van der Waals surface area contributed by atoms with Gasteiger partial charge in [-0.2, -0.15) is 0 Å². The average molecular weight is 155 g/mol. The van der Waals surface area contributed by atoms with Crippen LogP contribution in [0.15, 0.2) is 24.0 Å². The maximum Gasteiger partial charge on any atom is 0.227 e. The molecule has 0 aromatic rings. The second-order valence-corrected chi connectivity index (χ2v) is 2.35. The number of aliphatic hydroxyl groups excluding tert-OH is 2. The van der Waals surface area contributed by atoms with E-state index in [9.17, 15) is 4.79 Å². The molecule has 1 amide bonds. The normalized spacial score (nSPS) is 29.7. The minimum atomic E-state index is -1.18. The molecule has 4 heteroatoms. The summed E-state index contributed by atoms with van der Waals surface area (Å²) in [5.41, 5.74) is 4.93. The Bertz CT molecular complexity index is 232. The van der Waals surface area contributed by atoms with Crippen LogP contribution >= 0.6 is 0 Å². The molecule has 0 radical (unpaired) electrons. The van der Waals surface area contributed by atoms with Gasteiger partial charge in [-0.3, -0.25) is 4.79 Å². The Kier molecular flexibility index (Phi) is 1.96. The highest BCUT2D eigenvalue weighted by atomic mass is 16.3. The summed E-state index contributed by atoms with van der Waals surface area (Å²) < 4.78 is 0. The minimum absolute atomic E-state index is 0.226. The number of nitrogens with two attached hydrogens (primary N) is 1. The van der Waals surface area contributed by atoms with Crippen molar-refractivity contribution in [2.45, 2.75) is 6.10 Å². The van der Waals surface area contributed by atoms with Crippen LogP contribution in [0.1, 0.15) is 0 Å². The van der Waals surface area contributed by atoms with E-state index in [4.69, 9.17) is 15.9 Å². The van der Waals surface area contributed by atoms with Crippen LogP contribution in [0, 0.1) is 5.92 Å². The molecular formula is C7H9NO3. The monoisotopic (exact) mass is 155 g/mol. The Morgan fingerprint density at radius 3 is 2.73 bits per heavy atom. The molecule has 1 aliphatic rings. The fourth-order valence-electron chi connectivity index (χ4n) is 0.912. The van der Waals surface area contributed by atoms with Gasteiger partial charge in [-0.15, -0.1) is 0 Å². The molecule has 11 heavy (non-hydrogen) atoms. The van der Waals surface area contributed by atoms with Crippen molar-refractivity contribution in [3.05, 3.63) is 24.0 Å². The molecule has 1 aliphatic carbocycles. The molecule has 0 saturated heterocycles. The first-order valence-electron chi connectivity index (χ1n) is 3.17. The van der Waals surface area contributed by atoms with Gasteiger partial charge in [0.1, 0.15) is 11.9 Å². The summed E-state index contributed by atoms with van der Waals surface area (Å²) in [7, 11) is 0. The third-order valence-corrected chi connectivity index (χ3v) is 1.56. The summed E-state index contributed by atoms with van der Waals surface area (Å²) in [6, 6.07) is 0. The van der Waals surface area contributed by atoms with Crippen LogP contribution in [0.5, 0.6) is 0 Å². The van der Waals surface area contributed by atoms with Gasteiger partial charge >= 0.3 is 0 Å². The van der Waals surface area contributed by atoms with Gasteiger partial charge in [-0.05, 0) is 6.08 Å². The molecule has 0 saturated carbocycles. The van der Waals surface area contributed by atoms with Crippen LogP contribution in [-0.2, 0) is 4.79 Å². The summed E-state index contributed by atoms with van der Waals surface area (Å²) >= 11 is 0. The lowest BCUT2D eigenvalue weighted by atomic mass is 9.96. The second-order valence-electron chi connectivity index (χ2n) is 2.35. The van der Waals surface area contributed by atoms with E-state index in [0.29, 0.717) is 0 Å². The van der Waals surface area contributed by atoms with Crippen molar-refractivity contribution in [2.24, 2.45) is 11.7 Å². The zero-order valence-corrected chi connectivity index (χ0v) is 5.77. The number of rotatable bonds is 1. The van der Waals surface area contributed by atoms with Crippen LogP contribution in [0.3, 0.4) is 0 Å². The highest BCUT2D eigenvalue weighted by Gasteiger charge is 2.26. The maximum atomic E-state index is 10.6. The van der Waals surface area contributed by atoms with Gasteiger partial charge in [0, 0.05) is 0 Å². The fraction of sp³-hybridized carbons (Fsp3) is 0.286. The molecule has 60 valence electrons. The summed E-state index contributed by atoms with van der Waals surface area (Å²) in [4.78, 5) is 10.6. The SMILES string of the molecule is NC(=O)C1C=CC=C(O)C1O. The largest absolute Gasteiger partial charge is 0.510 e. The molecule has 0 aromatic carbocycles. The number of carbonyl (C=O) groups is 1. The highest BCUT2D eigenvalue weighted by molar-refractivity contribution is 5.80. The molecule has 0 aliphatic heterocycles. The number of amides is 1. The van der Waals surface area contributed by atoms with Crippen LogP contribution in [0.4, 0.5) is 0 Å². The fourth-order valence-corrected chi connectivity index (χ4v) is 0.912. The van der Waals surface area contributed by atoms with Crippen LogP contribution in [0.25, 0.3) is 0 Å². The van der Waals surface area contributed by atoms with Gasteiger partial charge in [0.25, 0.3) is 0 Å².